The fraction of sp³-hybridized carbons (Fsp3) is 0.318. The summed E-state index contributed by atoms with van der Waals surface area (Å²) < 4.78 is 0. The number of rotatable bonds is 5. The van der Waals surface area contributed by atoms with Crippen molar-refractivity contribution in [2.24, 2.45) is 5.73 Å². The average Bonchev–Trinajstić information content (AvgIpc) is 2.93. The Morgan fingerprint density at radius 1 is 1.00 bits per heavy atom. The van der Waals surface area contributed by atoms with Crippen LogP contribution in [-0.4, -0.2) is 60.2 Å². The van der Waals surface area contributed by atoms with E-state index in [1.807, 2.05) is 41.0 Å². The first kappa shape index (κ1) is 20.5. The number of hydrogen-bond donors (Lipinski definition) is 2. The van der Waals surface area contributed by atoms with Crippen LogP contribution in [0, 0.1) is 6.92 Å². The Morgan fingerprint density at radius 2 is 1.79 bits per heavy atom. The maximum Gasteiger partial charge on any atom is 0.253 e. The van der Waals surface area contributed by atoms with E-state index in [-0.39, 0.29) is 23.9 Å². The predicted molar refractivity (Wildman–Crippen MR) is 112 cm³/mol. The molecule has 29 heavy (non-hydrogen) atoms. The van der Waals surface area contributed by atoms with Gasteiger partial charge in [-0.25, -0.2) is 0 Å². The summed E-state index contributed by atoms with van der Waals surface area (Å²) in [6.45, 7) is 4.73. The lowest BCUT2D eigenvalue weighted by Gasteiger charge is -2.22. The van der Waals surface area contributed by atoms with Gasteiger partial charge >= 0.3 is 0 Å². The molecule has 1 saturated heterocycles. The molecule has 0 bridgehead atoms. The molecule has 1 heterocycles. The van der Waals surface area contributed by atoms with Gasteiger partial charge < -0.3 is 16.0 Å². The second-order valence-corrected chi connectivity index (χ2v) is 7.25. The Bertz CT molecular complexity index is 912. The number of aryl methyl sites for hydroxylation is 1. The summed E-state index contributed by atoms with van der Waals surface area (Å²) in [4.78, 5) is 40.6. The molecule has 1 fully saturated rings. The van der Waals surface area contributed by atoms with E-state index in [1.165, 1.54) is 0 Å². The Balaban J connectivity index is 1.57. The molecule has 2 aromatic carbocycles. The molecule has 7 heteroatoms. The number of carbonyl (C=O) groups excluding carboxylic acids is 3. The molecular weight excluding hydrogens is 368 g/mol. The van der Waals surface area contributed by atoms with Crippen LogP contribution in [0.3, 0.4) is 0 Å². The fourth-order valence-electron chi connectivity index (χ4n) is 3.49. The third-order valence-corrected chi connectivity index (χ3v) is 4.97. The van der Waals surface area contributed by atoms with E-state index < -0.39 is 5.91 Å². The highest BCUT2D eigenvalue weighted by atomic mass is 16.2. The van der Waals surface area contributed by atoms with Crippen LogP contribution in [0.4, 0.5) is 5.69 Å². The number of para-hydroxylation sites is 1. The Hall–Kier alpha value is -3.19. The zero-order chi connectivity index (χ0) is 20.8. The summed E-state index contributed by atoms with van der Waals surface area (Å²) >= 11 is 0. The molecule has 3 amide bonds. The van der Waals surface area contributed by atoms with Gasteiger partial charge in [-0.2, -0.15) is 0 Å². The van der Waals surface area contributed by atoms with Crippen molar-refractivity contribution in [3.05, 3.63) is 65.2 Å². The van der Waals surface area contributed by atoms with E-state index in [9.17, 15) is 14.4 Å². The zero-order valence-corrected chi connectivity index (χ0v) is 16.6. The third kappa shape index (κ3) is 5.42. The van der Waals surface area contributed by atoms with Gasteiger partial charge in [0.15, 0.2) is 0 Å². The maximum atomic E-state index is 12.8. The number of anilines is 1. The summed E-state index contributed by atoms with van der Waals surface area (Å²) in [5.74, 6) is -0.770. The topological polar surface area (TPSA) is 95.7 Å². The van der Waals surface area contributed by atoms with E-state index in [0.717, 1.165) is 18.5 Å². The normalized spacial score (nSPS) is 14.9. The predicted octanol–water partition coefficient (Wildman–Crippen LogP) is 1.88. The second kappa shape index (κ2) is 9.34. The molecule has 0 unspecified atom stereocenters. The van der Waals surface area contributed by atoms with Crippen LogP contribution in [0.2, 0.25) is 0 Å². The molecule has 3 rings (SSSR count). The van der Waals surface area contributed by atoms with Crippen LogP contribution in [0.1, 0.15) is 32.7 Å². The highest BCUT2D eigenvalue weighted by molar-refractivity contribution is 6.03. The first-order valence-corrected chi connectivity index (χ1v) is 9.71. The molecule has 7 nitrogen and oxygen atoms in total. The van der Waals surface area contributed by atoms with E-state index in [2.05, 4.69) is 5.32 Å². The van der Waals surface area contributed by atoms with Gasteiger partial charge in [0.05, 0.1) is 17.8 Å². The summed E-state index contributed by atoms with van der Waals surface area (Å²) in [5, 5.41) is 2.76. The number of benzene rings is 2. The van der Waals surface area contributed by atoms with Gasteiger partial charge in [0.1, 0.15) is 0 Å². The highest BCUT2D eigenvalue weighted by Crippen LogP contribution is 2.15. The van der Waals surface area contributed by atoms with Gasteiger partial charge in [-0.15, -0.1) is 0 Å². The number of nitrogens with two attached hydrogens (primary N) is 1. The Morgan fingerprint density at radius 3 is 2.55 bits per heavy atom. The van der Waals surface area contributed by atoms with E-state index in [4.69, 9.17) is 5.73 Å². The van der Waals surface area contributed by atoms with Crippen LogP contribution in [0.5, 0.6) is 0 Å². The monoisotopic (exact) mass is 394 g/mol. The van der Waals surface area contributed by atoms with Gasteiger partial charge in [-0.3, -0.25) is 19.3 Å². The molecule has 1 aliphatic heterocycles. The summed E-state index contributed by atoms with van der Waals surface area (Å²) in [5.41, 5.74) is 7.80. The lowest BCUT2D eigenvalue weighted by Crippen LogP contribution is -2.38. The van der Waals surface area contributed by atoms with Crippen LogP contribution in [0.25, 0.3) is 0 Å². The third-order valence-electron chi connectivity index (χ3n) is 4.97. The van der Waals surface area contributed by atoms with Gasteiger partial charge in [0.2, 0.25) is 5.91 Å². The first-order chi connectivity index (χ1) is 13.9. The molecule has 0 atom stereocenters. The van der Waals surface area contributed by atoms with E-state index in [0.29, 0.717) is 30.9 Å². The SMILES string of the molecule is Cc1cccc(C(=O)N2CCCN(CC(=O)Nc3ccccc3C(N)=O)CC2)c1. The van der Waals surface area contributed by atoms with Gasteiger partial charge in [-0.1, -0.05) is 29.8 Å². The van der Waals surface area contributed by atoms with Crippen molar-refractivity contribution in [2.45, 2.75) is 13.3 Å². The molecule has 0 spiro atoms. The highest BCUT2D eigenvalue weighted by Gasteiger charge is 2.22. The molecule has 2 aromatic rings. The van der Waals surface area contributed by atoms with Crippen LogP contribution in [-0.2, 0) is 4.79 Å². The van der Waals surface area contributed by atoms with Gasteiger partial charge in [0.25, 0.3) is 11.8 Å². The van der Waals surface area contributed by atoms with Crippen molar-refractivity contribution in [2.75, 3.05) is 38.0 Å². The standard InChI is InChI=1S/C22H26N4O3/c1-16-6-4-7-17(14-16)22(29)26-11-5-10-25(12-13-26)15-20(27)24-19-9-3-2-8-18(19)21(23)28/h2-4,6-9,14H,5,10-13,15H2,1H3,(H2,23,28)(H,24,27). The lowest BCUT2D eigenvalue weighted by molar-refractivity contribution is -0.117. The van der Waals surface area contributed by atoms with Crippen molar-refractivity contribution in [1.29, 1.82) is 0 Å². The van der Waals surface area contributed by atoms with Crippen molar-refractivity contribution in [3.63, 3.8) is 0 Å². The quantitative estimate of drug-likeness (QED) is 0.809. The minimum atomic E-state index is -0.582. The number of nitrogens with one attached hydrogen (secondary N) is 1. The van der Waals surface area contributed by atoms with Crippen molar-refractivity contribution in [3.8, 4) is 0 Å². The Kier molecular flexibility index (Phi) is 6.61. The Labute approximate surface area is 170 Å². The largest absolute Gasteiger partial charge is 0.366 e. The number of nitrogens with zero attached hydrogens (tertiary/aromatic N) is 2. The molecule has 1 aliphatic rings. The molecule has 152 valence electrons. The van der Waals surface area contributed by atoms with Crippen LogP contribution < -0.4 is 11.1 Å². The minimum Gasteiger partial charge on any atom is -0.366 e. The average molecular weight is 394 g/mol. The molecule has 3 N–H and O–H groups in total. The van der Waals surface area contributed by atoms with E-state index in [1.54, 1.807) is 24.3 Å². The van der Waals surface area contributed by atoms with E-state index >= 15 is 0 Å². The minimum absolute atomic E-state index is 0.0235. The molecular formula is C22H26N4O3. The summed E-state index contributed by atoms with van der Waals surface area (Å²) in [6, 6.07) is 14.3. The maximum absolute atomic E-state index is 12.8. The van der Waals surface area contributed by atoms with Crippen molar-refractivity contribution < 1.29 is 14.4 Å². The zero-order valence-electron chi connectivity index (χ0n) is 16.6. The van der Waals surface area contributed by atoms with Crippen molar-refractivity contribution >= 4 is 23.4 Å². The first-order valence-electron chi connectivity index (χ1n) is 9.71. The molecule has 0 aliphatic carbocycles. The molecule has 0 saturated carbocycles. The van der Waals surface area contributed by atoms with Crippen LogP contribution >= 0.6 is 0 Å². The molecule has 0 aromatic heterocycles. The van der Waals surface area contributed by atoms with Crippen LogP contribution in [0.15, 0.2) is 48.5 Å². The smallest absolute Gasteiger partial charge is 0.253 e. The lowest BCUT2D eigenvalue weighted by atomic mass is 10.1. The second-order valence-electron chi connectivity index (χ2n) is 7.25. The fourth-order valence-corrected chi connectivity index (χ4v) is 3.49. The number of hydrogen-bond acceptors (Lipinski definition) is 4. The number of primary amides is 1. The summed E-state index contributed by atoms with van der Waals surface area (Å²) in [7, 11) is 0. The number of carbonyl (C=O) groups is 3. The number of amides is 3. The summed E-state index contributed by atoms with van der Waals surface area (Å²) in [6.07, 6.45) is 0.794. The van der Waals surface area contributed by atoms with Gasteiger partial charge in [0, 0.05) is 31.7 Å². The van der Waals surface area contributed by atoms with Crippen molar-refractivity contribution in [1.82, 2.24) is 9.80 Å². The van der Waals surface area contributed by atoms with Gasteiger partial charge in [-0.05, 0) is 37.6 Å². The molecule has 0 radical (unpaired) electrons.